The van der Waals surface area contributed by atoms with Crippen molar-refractivity contribution in [1.29, 1.82) is 0 Å². The number of pyridine rings is 2. The Kier molecular flexibility index (Phi) is 5.27. The number of nitrogens with one attached hydrogen (secondary N) is 1. The van der Waals surface area contributed by atoms with Crippen LogP contribution in [0.1, 0.15) is 33.2 Å². The van der Waals surface area contributed by atoms with Crippen LogP contribution in [-0.2, 0) is 12.0 Å². The van der Waals surface area contributed by atoms with E-state index in [-0.39, 0.29) is 24.0 Å². The van der Waals surface area contributed by atoms with E-state index in [1.54, 1.807) is 38.0 Å². The minimum atomic E-state index is -0.237. The van der Waals surface area contributed by atoms with Gasteiger partial charge in [0, 0.05) is 79.0 Å². The molecule has 8 nitrogen and oxygen atoms in total. The Bertz CT molecular complexity index is 1370. The number of amides is 1. The fraction of sp³-hybridized carbons (Fsp3) is 0.296. The second-order valence-electron chi connectivity index (χ2n) is 9.47. The minimum Gasteiger partial charge on any atom is -0.497 e. The van der Waals surface area contributed by atoms with Crippen LogP contribution in [-0.4, -0.2) is 69.1 Å². The lowest BCUT2D eigenvalue weighted by atomic mass is 9.68. The van der Waals surface area contributed by atoms with Crippen LogP contribution in [0.25, 0.3) is 10.9 Å². The van der Waals surface area contributed by atoms with Gasteiger partial charge in [0.1, 0.15) is 5.75 Å². The van der Waals surface area contributed by atoms with Gasteiger partial charge in [0.15, 0.2) is 0 Å². The summed E-state index contributed by atoms with van der Waals surface area (Å²) >= 11 is 0. The van der Waals surface area contributed by atoms with Crippen LogP contribution in [0.3, 0.4) is 0 Å². The summed E-state index contributed by atoms with van der Waals surface area (Å²) in [5.74, 6) is 0.776. The van der Waals surface area contributed by atoms with E-state index in [2.05, 4.69) is 25.9 Å². The molecule has 178 valence electrons. The molecular weight excluding hydrogens is 442 g/mol. The highest BCUT2D eigenvalue weighted by Crippen LogP contribution is 2.49. The quantitative estimate of drug-likeness (QED) is 0.467. The van der Waals surface area contributed by atoms with Crippen molar-refractivity contribution in [3.05, 3.63) is 89.6 Å². The van der Waals surface area contributed by atoms with E-state index in [1.165, 1.54) is 5.56 Å². The van der Waals surface area contributed by atoms with Gasteiger partial charge in [0.2, 0.25) is 0 Å². The Balaban J connectivity index is 1.41. The third-order valence-electron chi connectivity index (χ3n) is 7.34. The lowest BCUT2D eigenvalue weighted by molar-refractivity contribution is -0.00278. The van der Waals surface area contributed by atoms with E-state index in [4.69, 9.17) is 4.74 Å². The van der Waals surface area contributed by atoms with Gasteiger partial charge in [-0.2, -0.15) is 0 Å². The molecule has 1 saturated heterocycles. The Morgan fingerprint density at radius 2 is 1.97 bits per heavy atom. The average molecular weight is 470 g/mol. The van der Waals surface area contributed by atoms with E-state index in [1.807, 2.05) is 35.2 Å². The summed E-state index contributed by atoms with van der Waals surface area (Å²) < 4.78 is 5.45. The second kappa shape index (κ2) is 8.48. The number of carbonyl (C=O) groups excluding carboxylic acids is 1. The van der Waals surface area contributed by atoms with E-state index in [0.29, 0.717) is 25.2 Å². The van der Waals surface area contributed by atoms with Crippen LogP contribution in [0, 0.1) is 0 Å². The molecule has 0 saturated carbocycles. The summed E-state index contributed by atoms with van der Waals surface area (Å²) in [4.78, 5) is 29.2. The Labute approximate surface area is 203 Å². The molecule has 2 aliphatic heterocycles. The number of nitrogens with zero attached hydrogens (tertiary/aromatic N) is 4. The minimum absolute atomic E-state index is 0.00301. The standard InChI is InChI=1S/C27H27N5O3/c1-35-20-4-5-21-22(11-20)30-25-23(14-33)31(13-18-6-9-28-10-7-18)15-27(24(21)25)16-32(17-27)26(34)19-3-2-8-29-12-19/h2-12,23,30,33H,13-17H2,1H3/t23-/m0/s1. The number of hydrogen-bond acceptors (Lipinski definition) is 6. The topological polar surface area (TPSA) is 94.6 Å². The number of fused-ring (bicyclic) bond motifs is 4. The number of benzene rings is 1. The summed E-state index contributed by atoms with van der Waals surface area (Å²) in [5, 5.41) is 11.6. The van der Waals surface area contributed by atoms with Crippen LogP contribution in [0.4, 0.5) is 0 Å². The van der Waals surface area contributed by atoms with Crippen molar-refractivity contribution < 1.29 is 14.6 Å². The van der Waals surface area contributed by atoms with Crippen LogP contribution in [0.5, 0.6) is 5.75 Å². The SMILES string of the molecule is COc1ccc2c3c([nH]c2c1)[C@H](CO)N(Cc1ccncc1)CC31CN(C(=O)c2cccnc2)C1. The first-order valence-corrected chi connectivity index (χ1v) is 11.7. The Morgan fingerprint density at radius 3 is 2.69 bits per heavy atom. The molecule has 2 aliphatic rings. The normalized spacial score (nSPS) is 18.9. The lowest BCUT2D eigenvalue weighted by Crippen LogP contribution is -2.67. The Morgan fingerprint density at radius 1 is 1.14 bits per heavy atom. The number of H-pyrrole nitrogens is 1. The number of aliphatic hydroxyl groups is 1. The molecule has 35 heavy (non-hydrogen) atoms. The van der Waals surface area contributed by atoms with Crippen LogP contribution in [0.15, 0.2) is 67.3 Å². The zero-order valence-corrected chi connectivity index (χ0v) is 19.5. The summed E-state index contributed by atoms with van der Waals surface area (Å²) in [6, 6.07) is 13.5. The smallest absolute Gasteiger partial charge is 0.255 e. The van der Waals surface area contributed by atoms with Crippen molar-refractivity contribution in [2.45, 2.75) is 18.0 Å². The van der Waals surface area contributed by atoms with Gasteiger partial charge in [-0.25, -0.2) is 0 Å². The van der Waals surface area contributed by atoms with Gasteiger partial charge >= 0.3 is 0 Å². The molecule has 8 heteroatoms. The second-order valence-corrected chi connectivity index (χ2v) is 9.47. The summed E-state index contributed by atoms with van der Waals surface area (Å²) in [5.41, 5.74) is 4.70. The number of methoxy groups -OCH3 is 1. The fourth-order valence-corrected chi connectivity index (χ4v) is 5.76. The van der Waals surface area contributed by atoms with E-state index in [0.717, 1.165) is 34.5 Å². The highest BCUT2D eigenvalue weighted by molar-refractivity contribution is 5.95. The molecule has 6 rings (SSSR count). The van der Waals surface area contributed by atoms with Crippen molar-refractivity contribution in [2.75, 3.05) is 33.4 Å². The van der Waals surface area contributed by atoms with Gasteiger partial charge in [-0.05, 0) is 47.5 Å². The number of rotatable bonds is 5. The molecule has 0 radical (unpaired) electrons. The Hall–Kier alpha value is -3.75. The van der Waals surface area contributed by atoms with Gasteiger partial charge in [-0.15, -0.1) is 0 Å². The number of aromatic nitrogens is 3. The van der Waals surface area contributed by atoms with Crippen molar-refractivity contribution in [3.8, 4) is 5.75 Å². The predicted octanol–water partition coefficient (Wildman–Crippen LogP) is 2.91. The van der Waals surface area contributed by atoms with Gasteiger partial charge in [0.25, 0.3) is 5.91 Å². The highest BCUT2D eigenvalue weighted by atomic mass is 16.5. The fourth-order valence-electron chi connectivity index (χ4n) is 5.76. The first-order valence-electron chi connectivity index (χ1n) is 11.7. The maximum absolute atomic E-state index is 13.1. The summed E-state index contributed by atoms with van der Waals surface area (Å²) in [6.45, 7) is 2.64. The van der Waals surface area contributed by atoms with Crippen molar-refractivity contribution in [1.82, 2.24) is 24.8 Å². The van der Waals surface area contributed by atoms with Gasteiger partial charge < -0.3 is 19.7 Å². The zero-order chi connectivity index (χ0) is 24.0. The van der Waals surface area contributed by atoms with Crippen molar-refractivity contribution in [3.63, 3.8) is 0 Å². The monoisotopic (exact) mass is 469 g/mol. The number of carbonyl (C=O) groups is 1. The number of hydrogen-bond donors (Lipinski definition) is 2. The largest absolute Gasteiger partial charge is 0.497 e. The van der Waals surface area contributed by atoms with Crippen molar-refractivity contribution >= 4 is 16.8 Å². The van der Waals surface area contributed by atoms with E-state index >= 15 is 0 Å². The third kappa shape index (κ3) is 3.57. The van der Waals surface area contributed by atoms with E-state index in [9.17, 15) is 9.90 Å². The number of aliphatic hydroxyl groups excluding tert-OH is 1. The maximum atomic E-state index is 13.1. The predicted molar refractivity (Wildman–Crippen MR) is 131 cm³/mol. The molecule has 0 aliphatic carbocycles. The lowest BCUT2D eigenvalue weighted by Gasteiger charge is -2.56. The van der Waals surface area contributed by atoms with Crippen LogP contribution in [0.2, 0.25) is 0 Å². The zero-order valence-electron chi connectivity index (χ0n) is 19.5. The van der Waals surface area contributed by atoms with Gasteiger partial charge in [-0.3, -0.25) is 19.7 Å². The molecular formula is C27H27N5O3. The number of aromatic amines is 1. The molecule has 5 heterocycles. The van der Waals surface area contributed by atoms with Gasteiger partial charge in [0.05, 0.1) is 25.3 Å². The first-order chi connectivity index (χ1) is 17.1. The molecule has 1 spiro atoms. The molecule has 0 unspecified atom stereocenters. The van der Waals surface area contributed by atoms with Crippen molar-refractivity contribution in [2.24, 2.45) is 0 Å². The third-order valence-corrected chi connectivity index (χ3v) is 7.34. The molecule has 1 fully saturated rings. The molecule has 1 atom stereocenters. The number of ether oxygens (including phenoxy) is 1. The first kappa shape index (κ1) is 21.8. The highest BCUT2D eigenvalue weighted by Gasteiger charge is 2.54. The van der Waals surface area contributed by atoms with Crippen LogP contribution >= 0.6 is 0 Å². The van der Waals surface area contributed by atoms with E-state index < -0.39 is 0 Å². The number of likely N-dealkylation sites (tertiary alicyclic amines) is 1. The average Bonchev–Trinajstić information content (AvgIpc) is 3.26. The van der Waals surface area contributed by atoms with Gasteiger partial charge in [-0.1, -0.05) is 0 Å². The summed E-state index contributed by atoms with van der Waals surface area (Å²) in [6.07, 6.45) is 6.88. The molecule has 1 amide bonds. The molecule has 2 N–H and O–H groups in total. The molecule has 1 aromatic carbocycles. The molecule has 4 aromatic rings. The summed E-state index contributed by atoms with van der Waals surface area (Å²) in [7, 11) is 1.66. The maximum Gasteiger partial charge on any atom is 0.255 e. The van der Waals surface area contributed by atoms with Crippen LogP contribution < -0.4 is 4.74 Å². The molecule has 3 aromatic heterocycles. The molecule has 0 bridgehead atoms.